The Labute approximate surface area is 268 Å². The Morgan fingerprint density at radius 2 is 1.49 bits per heavy atom. The van der Waals surface area contributed by atoms with E-state index in [1.807, 2.05) is 41.3 Å². The fourth-order valence-corrected chi connectivity index (χ4v) is 5.87. The molecule has 0 saturated carbocycles. The van der Waals surface area contributed by atoms with Crippen LogP contribution in [0.25, 0.3) is 11.1 Å². The van der Waals surface area contributed by atoms with Crippen LogP contribution < -0.4 is 11.3 Å². The predicted octanol–water partition coefficient (Wildman–Crippen LogP) is 5.68. The van der Waals surface area contributed by atoms with Gasteiger partial charge in [-0.15, -0.1) is 0 Å². The number of carbonyl (C=O) groups excluding carboxylic acids is 1. The molecule has 0 radical (unpaired) electrons. The van der Waals surface area contributed by atoms with Crippen molar-refractivity contribution in [2.45, 2.75) is 50.9 Å². The summed E-state index contributed by atoms with van der Waals surface area (Å²) in [6, 6.07) is 21.6. The summed E-state index contributed by atoms with van der Waals surface area (Å²) in [5.41, 5.74) is 10.4. The van der Waals surface area contributed by atoms with Gasteiger partial charge in [-0.3, -0.25) is 9.59 Å². The first-order chi connectivity index (χ1) is 21.8. The number of alkyl halides is 1. The first kappa shape index (κ1) is 34.0. The Hall–Kier alpha value is -3.86. The van der Waals surface area contributed by atoms with Crippen molar-refractivity contribution in [1.82, 2.24) is 19.4 Å². The molecule has 1 aromatic heterocycles. The highest BCUT2D eigenvalue weighted by atomic mass is 32.2. The lowest BCUT2D eigenvalue weighted by Gasteiger charge is -2.27. The summed E-state index contributed by atoms with van der Waals surface area (Å²) in [6.45, 7) is 7.45. The minimum Gasteiger partial charge on any atom is -0.336 e. The number of aromatic nitrogens is 2. The normalized spacial score (nSPS) is 11.2. The van der Waals surface area contributed by atoms with Crippen LogP contribution in [-0.4, -0.2) is 58.0 Å². The Bertz CT molecular complexity index is 1570. The smallest absolute Gasteiger partial charge is 0.276 e. The molecule has 2 N–H and O–H groups in total. The van der Waals surface area contributed by atoms with Crippen LogP contribution in [0.15, 0.2) is 88.9 Å². The molecule has 1 amide bonds. The number of thioether (sulfide) groups is 1. The zero-order valence-electron chi connectivity index (χ0n) is 25.9. The molecule has 0 spiro atoms. The quantitative estimate of drug-likeness (QED) is 0.126. The van der Waals surface area contributed by atoms with E-state index in [1.165, 1.54) is 23.9 Å². The van der Waals surface area contributed by atoms with E-state index in [0.29, 0.717) is 48.1 Å². The molecule has 10 heteroatoms. The van der Waals surface area contributed by atoms with Gasteiger partial charge in [0.2, 0.25) is 5.91 Å². The highest BCUT2D eigenvalue weighted by molar-refractivity contribution is 7.98. The summed E-state index contributed by atoms with van der Waals surface area (Å²) >= 11 is 1.33. The van der Waals surface area contributed by atoms with Crippen LogP contribution in [0, 0.1) is 5.82 Å². The van der Waals surface area contributed by atoms with Crippen LogP contribution in [0.4, 0.5) is 8.78 Å². The van der Waals surface area contributed by atoms with Crippen molar-refractivity contribution in [3.05, 3.63) is 117 Å². The molecule has 45 heavy (non-hydrogen) atoms. The SMILES string of the molecule is CCN(CC)CCN(Cc1ccc(-c2ccc(CF)cc2)cc1)C(=O)Cn1cc(CCN)c(=O)nc1SCc1ccc(F)cc1. The van der Waals surface area contributed by atoms with Gasteiger partial charge in [0.15, 0.2) is 5.16 Å². The molecule has 0 fully saturated rings. The zero-order valence-corrected chi connectivity index (χ0v) is 26.7. The van der Waals surface area contributed by atoms with Gasteiger partial charge in [-0.2, -0.15) is 4.98 Å². The van der Waals surface area contributed by atoms with Crippen molar-refractivity contribution in [2.75, 3.05) is 32.7 Å². The molecule has 3 aromatic carbocycles. The number of hydrogen-bond acceptors (Lipinski definition) is 6. The van der Waals surface area contributed by atoms with E-state index in [-0.39, 0.29) is 23.8 Å². The Kier molecular flexibility index (Phi) is 12.9. The summed E-state index contributed by atoms with van der Waals surface area (Å²) in [5, 5.41) is 0.422. The number of carbonyl (C=O) groups is 1. The zero-order chi connectivity index (χ0) is 32.2. The highest BCUT2D eigenvalue weighted by Gasteiger charge is 2.19. The molecule has 0 aliphatic rings. The molecule has 0 saturated heterocycles. The molecule has 4 rings (SSSR count). The standard InChI is InChI=1S/C35H41F2N5O2S/c1-3-40(4-2)19-20-41(22-27-7-13-30(14-8-27)29-11-5-26(21-36)6-12-29)33(43)24-42-23-31(17-18-38)34(44)39-35(42)45-25-28-9-15-32(37)16-10-28/h5-16,23H,3-4,17-22,24-25,38H2,1-2H3. The van der Waals surface area contributed by atoms with E-state index in [1.54, 1.807) is 35.0 Å². The molecule has 1 heterocycles. The van der Waals surface area contributed by atoms with Crippen LogP contribution in [0.1, 0.15) is 36.1 Å². The van der Waals surface area contributed by atoms with Crippen molar-refractivity contribution in [1.29, 1.82) is 0 Å². The number of nitrogens with zero attached hydrogens (tertiary/aromatic N) is 4. The molecule has 238 valence electrons. The highest BCUT2D eigenvalue weighted by Crippen LogP contribution is 2.23. The van der Waals surface area contributed by atoms with Gasteiger partial charge < -0.3 is 20.1 Å². The number of halogens is 2. The number of amides is 1. The minimum absolute atomic E-state index is 0.00779. The molecule has 4 aromatic rings. The predicted molar refractivity (Wildman–Crippen MR) is 177 cm³/mol. The third kappa shape index (κ3) is 9.81. The molecule has 7 nitrogen and oxygen atoms in total. The molecule has 0 aliphatic carbocycles. The number of likely N-dealkylation sites (N-methyl/N-ethyl adjacent to an activating group) is 1. The van der Waals surface area contributed by atoms with Gasteiger partial charge in [0, 0.05) is 37.1 Å². The van der Waals surface area contributed by atoms with Crippen LogP contribution in [0.2, 0.25) is 0 Å². The van der Waals surface area contributed by atoms with E-state index >= 15 is 0 Å². The van der Waals surface area contributed by atoms with E-state index in [0.717, 1.165) is 41.9 Å². The second kappa shape index (κ2) is 17.0. The second-order valence-electron chi connectivity index (χ2n) is 10.8. The fraction of sp³-hybridized carbons (Fsp3) is 0.343. The number of nitrogens with two attached hydrogens (primary N) is 1. The topological polar surface area (TPSA) is 84.5 Å². The monoisotopic (exact) mass is 633 g/mol. The van der Waals surface area contributed by atoms with Gasteiger partial charge >= 0.3 is 0 Å². The van der Waals surface area contributed by atoms with Gasteiger partial charge in [-0.05, 0) is 66.0 Å². The maximum Gasteiger partial charge on any atom is 0.276 e. The van der Waals surface area contributed by atoms with Gasteiger partial charge in [0.05, 0.1) is 0 Å². The van der Waals surface area contributed by atoms with Crippen LogP contribution >= 0.6 is 11.8 Å². The van der Waals surface area contributed by atoms with Gasteiger partial charge in [-0.1, -0.05) is 86.3 Å². The van der Waals surface area contributed by atoms with Crippen molar-refractivity contribution in [2.24, 2.45) is 5.73 Å². The maximum atomic E-state index is 13.9. The van der Waals surface area contributed by atoms with Gasteiger partial charge in [0.1, 0.15) is 19.0 Å². The first-order valence-corrected chi connectivity index (χ1v) is 16.2. The van der Waals surface area contributed by atoms with E-state index in [2.05, 4.69) is 23.7 Å². The molecular weight excluding hydrogens is 592 g/mol. The average Bonchev–Trinajstić information content (AvgIpc) is 3.06. The summed E-state index contributed by atoms with van der Waals surface area (Å²) in [5.74, 6) is 0.0501. The molecular formula is C35H41F2N5O2S. The summed E-state index contributed by atoms with van der Waals surface area (Å²) < 4.78 is 28.1. The van der Waals surface area contributed by atoms with Gasteiger partial charge in [0.25, 0.3) is 5.56 Å². The fourth-order valence-electron chi connectivity index (χ4n) is 4.95. The summed E-state index contributed by atoms with van der Waals surface area (Å²) in [4.78, 5) is 35.1. The van der Waals surface area contributed by atoms with Crippen LogP contribution in [0.5, 0.6) is 0 Å². The third-order valence-corrected chi connectivity index (χ3v) is 8.79. The maximum absolute atomic E-state index is 13.9. The molecule has 0 atom stereocenters. The largest absolute Gasteiger partial charge is 0.336 e. The van der Waals surface area contributed by atoms with Crippen molar-refractivity contribution >= 4 is 17.7 Å². The Balaban J connectivity index is 1.56. The lowest BCUT2D eigenvalue weighted by atomic mass is 10.0. The molecule has 0 unspecified atom stereocenters. The number of rotatable bonds is 16. The third-order valence-electron chi connectivity index (χ3n) is 7.73. The van der Waals surface area contributed by atoms with Crippen molar-refractivity contribution in [3.8, 4) is 11.1 Å². The van der Waals surface area contributed by atoms with E-state index < -0.39 is 6.67 Å². The van der Waals surface area contributed by atoms with E-state index in [9.17, 15) is 18.4 Å². The van der Waals surface area contributed by atoms with Crippen molar-refractivity contribution < 1.29 is 13.6 Å². The number of benzene rings is 3. The van der Waals surface area contributed by atoms with Crippen molar-refractivity contribution in [3.63, 3.8) is 0 Å². The first-order valence-electron chi connectivity index (χ1n) is 15.3. The summed E-state index contributed by atoms with van der Waals surface area (Å²) in [6.07, 6.45) is 2.05. The number of hydrogen-bond donors (Lipinski definition) is 1. The lowest BCUT2D eigenvalue weighted by Crippen LogP contribution is -2.40. The van der Waals surface area contributed by atoms with Gasteiger partial charge in [-0.25, -0.2) is 8.78 Å². The van der Waals surface area contributed by atoms with Crippen LogP contribution in [0.3, 0.4) is 0 Å². The molecule has 0 bridgehead atoms. The average molecular weight is 634 g/mol. The minimum atomic E-state index is -0.491. The van der Waals surface area contributed by atoms with E-state index in [4.69, 9.17) is 5.73 Å². The second-order valence-corrected chi connectivity index (χ2v) is 11.7. The summed E-state index contributed by atoms with van der Waals surface area (Å²) in [7, 11) is 0. The Morgan fingerprint density at radius 1 is 0.889 bits per heavy atom. The molecule has 0 aliphatic heterocycles. The van der Waals surface area contributed by atoms with Crippen LogP contribution in [-0.2, 0) is 36.7 Å². The lowest BCUT2D eigenvalue weighted by molar-refractivity contribution is -0.132. The Morgan fingerprint density at radius 3 is 2.07 bits per heavy atom.